The molecule has 0 radical (unpaired) electrons. The molecule has 3 aromatic heterocycles. The molecular weight excluding hydrogens is 346 g/mol. The van der Waals surface area contributed by atoms with Crippen LogP contribution in [0.2, 0.25) is 0 Å². The predicted molar refractivity (Wildman–Crippen MR) is 95.4 cm³/mol. The first-order chi connectivity index (χ1) is 11.7. The summed E-state index contributed by atoms with van der Waals surface area (Å²) in [4.78, 5) is 12.6. The largest absolute Gasteiger partial charge is 0.383 e. The van der Waals surface area contributed by atoms with Crippen molar-refractivity contribution in [2.24, 2.45) is 0 Å². The Hall–Kier alpha value is -2.04. The van der Waals surface area contributed by atoms with Gasteiger partial charge in [0, 0.05) is 37.7 Å². The molecule has 0 bridgehead atoms. The first kappa shape index (κ1) is 15.5. The zero-order chi connectivity index (χ0) is 16.5. The van der Waals surface area contributed by atoms with Crippen LogP contribution in [0.1, 0.15) is 9.88 Å². The molecule has 0 fully saturated rings. The van der Waals surface area contributed by atoms with Crippen molar-refractivity contribution in [2.75, 3.05) is 37.0 Å². The smallest absolute Gasteiger partial charge is 0.241 e. The van der Waals surface area contributed by atoms with E-state index >= 15 is 0 Å². The average Bonchev–Trinajstić information content (AvgIpc) is 3.27. The molecular formula is C14H17N7OS2. The second-order valence-electron chi connectivity index (χ2n) is 5.41. The van der Waals surface area contributed by atoms with Crippen molar-refractivity contribution in [3.8, 4) is 11.3 Å². The molecule has 24 heavy (non-hydrogen) atoms. The molecule has 3 aromatic rings. The number of ether oxygens (including phenoxy) is 1. The zero-order valence-corrected chi connectivity index (χ0v) is 15.0. The highest BCUT2D eigenvalue weighted by Crippen LogP contribution is 2.39. The molecule has 126 valence electrons. The highest BCUT2D eigenvalue weighted by Gasteiger charge is 2.25. The number of fused-ring (bicyclic) bond motifs is 3. The molecule has 0 aromatic carbocycles. The maximum absolute atomic E-state index is 5.21. The summed E-state index contributed by atoms with van der Waals surface area (Å²) in [6.07, 6.45) is 2.84. The van der Waals surface area contributed by atoms with Crippen LogP contribution in [0.5, 0.6) is 0 Å². The molecule has 8 nitrogen and oxygen atoms in total. The number of hydrogen-bond donors (Lipinski definition) is 2. The van der Waals surface area contributed by atoms with Crippen LogP contribution in [0.25, 0.3) is 11.3 Å². The van der Waals surface area contributed by atoms with E-state index in [-0.39, 0.29) is 0 Å². The van der Waals surface area contributed by atoms with Gasteiger partial charge < -0.3 is 9.64 Å². The van der Waals surface area contributed by atoms with Gasteiger partial charge in [-0.2, -0.15) is 9.47 Å². The SMILES string of the molecule is COCCN1CCc2sc(Nc3nsc(C)n3)nc2-c2c[nH]nc21. The molecule has 0 spiro atoms. The second kappa shape index (κ2) is 6.46. The van der Waals surface area contributed by atoms with Crippen molar-refractivity contribution >= 4 is 39.8 Å². The second-order valence-corrected chi connectivity index (χ2v) is 7.44. The zero-order valence-electron chi connectivity index (χ0n) is 13.4. The molecule has 0 saturated heterocycles. The number of methoxy groups -OCH3 is 1. The summed E-state index contributed by atoms with van der Waals surface area (Å²) in [5.41, 5.74) is 2.02. The lowest BCUT2D eigenvalue weighted by molar-refractivity contribution is 0.205. The third kappa shape index (κ3) is 2.87. The molecule has 2 N–H and O–H groups in total. The molecule has 0 saturated carbocycles. The van der Waals surface area contributed by atoms with Gasteiger partial charge in [-0.3, -0.25) is 10.4 Å². The van der Waals surface area contributed by atoms with E-state index in [0.717, 1.165) is 46.7 Å². The number of aromatic nitrogens is 5. The fourth-order valence-corrected chi connectivity index (χ4v) is 4.08. The number of aromatic amines is 1. The molecule has 1 aliphatic heterocycles. The first-order valence-electron chi connectivity index (χ1n) is 7.59. The van der Waals surface area contributed by atoms with E-state index in [1.807, 2.05) is 13.1 Å². The summed E-state index contributed by atoms with van der Waals surface area (Å²) in [5, 5.41) is 12.3. The Morgan fingerprint density at radius 2 is 2.33 bits per heavy atom. The van der Waals surface area contributed by atoms with Crippen LogP contribution in [0, 0.1) is 6.92 Å². The van der Waals surface area contributed by atoms with E-state index in [4.69, 9.17) is 9.72 Å². The third-order valence-electron chi connectivity index (χ3n) is 3.79. The minimum absolute atomic E-state index is 0.607. The topological polar surface area (TPSA) is 91.9 Å². The molecule has 0 unspecified atom stereocenters. The third-order valence-corrected chi connectivity index (χ3v) is 5.44. The van der Waals surface area contributed by atoms with E-state index in [0.29, 0.717) is 12.6 Å². The van der Waals surface area contributed by atoms with Gasteiger partial charge in [0.1, 0.15) is 5.01 Å². The Morgan fingerprint density at radius 1 is 1.42 bits per heavy atom. The Balaban J connectivity index is 1.63. The van der Waals surface area contributed by atoms with Gasteiger partial charge in [-0.25, -0.2) is 9.97 Å². The van der Waals surface area contributed by atoms with Crippen molar-refractivity contribution in [1.29, 1.82) is 0 Å². The lowest BCUT2D eigenvalue weighted by Crippen LogP contribution is -2.29. The van der Waals surface area contributed by atoms with E-state index in [1.165, 1.54) is 16.4 Å². The number of rotatable bonds is 5. The van der Waals surface area contributed by atoms with Gasteiger partial charge in [-0.15, -0.1) is 11.3 Å². The van der Waals surface area contributed by atoms with Crippen molar-refractivity contribution in [3.05, 3.63) is 16.1 Å². The number of nitrogens with zero attached hydrogens (tertiary/aromatic N) is 5. The van der Waals surface area contributed by atoms with Gasteiger partial charge in [0.2, 0.25) is 5.95 Å². The minimum atomic E-state index is 0.607. The fourth-order valence-electron chi connectivity index (χ4n) is 2.69. The van der Waals surface area contributed by atoms with Gasteiger partial charge in [0.25, 0.3) is 0 Å². The van der Waals surface area contributed by atoms with E-state index in [2.05, 4.69) is 29.8 Å². The predicted octanol–water partition coefficient (Wildman–Crippen LogP) is 2.45. The van der Waals surface area contributed by atoms with E-state index in [9.17, 15) is 0 Å². The molecule has 0 atom stereocenters. The van der Waals surface area contributed by atoms with E-state index < -0.39 is 0 Å². The Labute approximate surface area is 147 Å². The van der Waals surface area contributed by atoms with Crippen molar-refractivity contribution in [1.82, 2.24) is 24.5 Å². The van der Waals surface area contributed by atoms with Crippen molar-refractivity contribution < 1.29 is 4.74 Å². The summed E-state index contributed by atoms with van der Waals surface area (Å²) in [7, 11) is 1.72. The maximum atomic E-state index is 5.21. The number of nitrogens with one attached hydrogen (secondary N) is 2. The molecule has 1 aliphatic rings. The number of anilines is 3. The van der Waals surface area contributed by atoms with Crippen LogP contribution in [0.3, 0.4) is 0 Å². The summed E-state index contributed by atoms with van der Waals surface area (Å²) in [6, 6.07) is 0. The summed E-state index contributed by atoms with van der Waals surface area (Å²) < 4.78 is 9.47. The highest BCUT2D eigenvalue weighted by molar-refractivity contribution is 7.16. The molecule has 0 aliphatic carbocycles. The van der Waals surface area contributed by atoms with Gasteiger partial charge in [0.15, 0.2) is 10.9 Å². The maximum Gasteiger partial charge on any atom is 0.241 e. The highest BCUT2D eigenvalue weighted by atomic mass is 32.1. The van der Waals surface area contributed by atoms with Crippen LogP contribution < -0.4 is 10.2 Å². The first-order valence-corrected chi connectivity index (χ1v) is 9.18. The molecule has 4 rings (SSSR count). The lowest BCUT2D eigenvalue weighted by Gasteiger charge is -2.20. The van der Waals surface area contributed by atoms with Crippen LogP contribution in [0.4, 0.5) is 16.9 Å². The monoisotopic (exact) mass is 363 g/mol. The van der Waals surface area contributed by atoms with Crippen LogP contribution in [-0.4, -0.2) is 51.3 Å². The standard InChI is InChI=1S/C14H17N7OS2/c1-8-16-13(20-24-8)18-14-17-11-9-7-15-19-12(9)21(5-6-22-2)4-3-10(11)23-14/h7H,3-6H2,1-2H3,(H,15,19)(H,17,18,20). The molecule has 4 heterocycles. The van der Waals surface area contributed by atoms with Gasteiger partial charge >= 0.3 is 0 Å². The molecule has 0 amide bonds. The average molecular weight is 363 g/mol. The van der Waals surface area contributed by atoms with Gasteiger partial charge in [0.05, 0.1) is 17.9 Å². The quantitative estimate of drug-likeness (QED) is 0.719. The Kier molecular flexibility index (Phi) is 4.17. The van der Waals surface area contributed by atoms with E-state index in [1.54, 1.807) is 18.4 Å². The van der Waals surface area contributed by atoms with Crippen molar-refractivity contribution in [2.45, 2.75) is 13.3 Å². The number of thiazole rings is 1. The minimum Gasteiger partial charge on any atom is -0.383 e. The normalized spacial score (nSPS) is 13.5. The molecule has 10 heteroatoms. The number of hydrogen-bond acceptors (Lipinski definition) is 9. The van der Waals surface area contributed by atoms with Gasteiger partial charge in [-0.05, 0) is 18.5 Å². The van der Waals surface area contributed by atoms with Crippen LogP contribution in [0.15, 0.2) is 6.20 Å². The summed E-state index contributed by atoms with van der Waals surface area (Å²) in [5.74, 6) is 1.54. The van der Waals surface area contributed by atoms with Gasteiger partial charge in [-0.1, -0.05) is 0 Å². The van der Waals surface area contributed by atoms with Crippen LogP contribution >= 0.6 is 22.9 Å². The summed E-state index contributed by atoms with van der Waals surface area (Å²) in [6.45, 7) is 4.32. The Bertz CT molecular complexity index is 840. The lowest BCUT2D eigenvalue weighted by atomic mass is 10.2. The van der Waals surface area contributed by atoms with Crippen molar-refractivity contribution in [3.63, 3.8) is 0 Å². The Morgan fingerprint density at radius 3 is 3.12 bits per heavy atom. The van der Waals surface area contributed by atoms with Crippen LogP contribution in [-0.2, 0) is 11.2 Å². The number of aryl methyl sites for hydroxylation is 1. The fraction of sp³-hybridized carbons (Fsp3) is 0.429. The summed E-state index contributed by atoms with van der Waals surface area (Å²) >= 11 is 3.03. The number of H-pyrrole nitrogens is 1.